The smallest absolute Gasteiger partial charge is 0.335 e. The van der Waals surface area contributed by atoms with Crippen LogP contribution in [0.4, 0.5) is 0 Å². The highest BCUT2D eigenvalue weighted by atomic mass is 16.4. The first-order valence-corrected chi connectivity index (χ1v) is 9.06. The molecule has 0 heterocycles. The van der Waals surface area contributed by atoms with Crippen molar-refractivity contribution in [2.45, 2.75) is 64.7 Å². The zero-order valence-electron chi connectivity index (χ0n) is 15.0. The minimum atomic E-state index is -0.991. The fourth-order valence-electron chi connectivity index (χ4n) is 4.03. The van der Waals surface area contributed by atoms with Crippen molar-refractivity contribution in [2.75, 3.05) is 6.61 Å². The maximum Gasteiger partial charge on any atom is 0.335 e. The van der Waals surface area contributed by atoms with E-state index in [0.29, 0.717) is 17.8 Å². The minimum Gasteiger partial charge on any atom is -0.508 e. The van der Waals surface area contributed by atoms with Gasteiger partial charge < -0.3 is 15.3 Å². The summed E-state index contributed by atoms with van der Waals surface area (Å²) >= 11 is 0. The minimum absolute atomic E-state index is 0.128. The molecule has 0 fully saturated rings. The summed E-state index contributed by atoms with van der Waals surface area (Å²) in [6, 6.07) is 3.15. The van der Waals surface area contributed by atoms with Crippen LogP contribution in [0, 0.1) is 11.8 Å². The van der Waals surface area contributed by atoms with E-state index in [1.165, 1.54) is 6.07 Å². The normalized spacial score (nSPS) is 22.7. The van der Waals surface area contributed by atoms with Gasteiger partial charge in [0.25, 0.3) is 0 Å². The van der Waals surface area contributed by atoms with Crippen molar-refractivity contribution in [2.24, 2.45) is 11.8 Å². The molecule has 0 bridgehead atoms. The molecule has 2 rings (SSSR count). The number of carboxylic acids is 1. The molecular weight excluding hydrogens is 304 g/mol. The fourth-order valence-corrected chi connectivity index (χ4v) is 4.03. The number of carboxylic acid groups (broad SMARTS) is 1. The summed E-state index contributed by atoms with van der Waals surface area (Å²) in [5.41, 5.74) is 2.13. The van der Waals surface area contributed by atoms with Crippen LogP contribution in [0.5, 0.6) is 5.75 Å². The quantitative estimate of drug-likeness (QED) is 0.686. The standard InChI is InChI=1S/C20H30O4/c1-12(11-21)5-4-6-13(2)16-8-7-14(3)19-17(16)9-15(20(23)24)10-18(19)22/h9-10,12-14,16,21-22H,4-8,11H2,1-3H3,(H,23,24). The first-order valence-electron chi connectivity index (χ1n) is 9.06. The molecule has 4 nitrogen and oxygen atoms in total. The molecule has 134 valence electrons. The lowest BCUT2D eigenvalue weighted by Gasteiger charge is -2.34. The summed E-state index contributed by atoms with van der Waals surface area (Å²) in [7, 11) is 0. The van der Waals surface area contributed by atoms with Crippen molar-refractivity contribution in [3.63, 3.8) is 0 Å². The van der Waals surface area contributed by atoms with Crippen LogP contribution in [0.3, 0.4) is 0 Å². The average Bonchev–Trinajstić information content (AvgIpc) is 2.54. The molecule has 4 heteroatoms. The van der Waals surface area contributed by atoms with E-state index in [-0.39, 0.29) is 23.8 Å². The van der Waals surface area contributed by atoms with Gasteiger partial charge in [-0.05, 0) is 60.6 Å². The molecule has 0 aliphatic heterocycles. The topological polar surface area (TPSA) is 77.8 Å². The van der Waals surface area contributed by atoms with Crippen molar-refractivity contribution in [1.29, 1.82) is 0 Å². The van der Waals surface area contributed by atoms with Crippen LogP contribution >= 0.6 is 0 Å². The third kappa shape index (κ3) is 4.10. The number of aromatic carboxylic acids is 1. The van der Waals surface area contributed by atoms with E-state index in [0.717, 1.165) is 43.2 Å². The van der Waals surface area contributed by atoms with Gasteiger partial charge in [0.2, 0.25) is 0 Å². The number of phenols is 1. The Balaban J connectivity index is 2.22. The van der Waals surface area contributed by atoms with Gasteiger partial charge in [-0.3, -0.25) is 0 Å². The molecule has 1 aromatic carbocycles. The highest BCUT2D eigenvalue weighted by Crippen LogP contribution is 2.47. The van der Waals surface area contributed by atoms with Gasteiger partial charge in [0.15, 0.2) is 0 Å². The van der Waals surface area contributed by atoms with Crippen LogP contribution in [-0.4, -0.2) is 27.9 Å². The number of aliphatic hydroxyl groups excluding tert-OH is 1. The van der Waals surface area contributed by atoms with Gasteiger partial charge in [-0.25, -0.2) is 4.79 Å². The van der Waals surface area contributed by atoms with Crippen LogP contribution in [0.25, 0.3) is 0 Å². The SMILES string of the molecule is CC(CO)CCCC(C)C1CCC(C)c2c(O)cc(C(=O)O)cc21. The van der Waals surface area contributed by atoms with Gasteiger partial charge in [-0.1, -0.05) is 33.6 Å². The van der Waals surface area contributed by atoms with Crippen LogP contribution in [0.15, 0.2) is 12.1 Å². The number of aliphatic hydroxyl groups is 1. The number of aromatic hydroxyl groups is 1. The van der Waals surface area contributed by atoms with Crippen LogP contribution < -0.4 is 0 Å². The second kappa shape index (κ2) is 8.02. The molecule has 0 aromatic heterocycles. The molecule has 1 aliphatic rings. The molecule has 1 aromatic rings. The third-order valence-electron chi connectivity index (χ3n) is 5.60. The first kappa shape index (κ1) is 18.8. The molecule has 0 saturated carbocycles. The van der Waals surface area contributed by atoms with Crippen molar-refractivity contribution >= 4 is 5.97 Å². The number of phenolic OH excluding ortho intramolecular Hbond substituents is 1. The summed E-state index contributed by atoms with van der Waals surface area (Å²) < 4.78 is 0. The molecule has 0 radical (unpaired) electrons. The van der Waals surface area contributed by atoms with E-state index in [9.17, 15) is 15.0 Å². The monoisotopic (exact) mass is 334 g/mol. The molecule has 0 amide bonds. The molecule has 0 spiro atoms. The van der Waals surface area contributed by atoms with E-state index < -0.39 is 5.97 Å². The second-order valence-corrected chi connectivity index (χ2v) is 7.58. The Morgan fingerprint density at radius 1 is 1.25 bits per heavy atom. The lowest BCUT2D eigenvalue weighted by Crippen LogP contribution is -2.20. The maximum atomic E-state index is 11.3. The predicted octanol–water partition coefficient (Wildman–Crippen LogP) is 4.51. The average molecular weight is 334 g/mol. The fraction of sp³-hybridized carbons (Fsp3) is 0.650. The van der Waals surface area contributed by atoms with Gasteiger partial charge in [0.1, 0.15) is 5.75 Å². The largest absolute Gasteiger partial charge is 0.508 e. The summed E-state index contributed by atoms with van der Waals surface area (Å²) in [6.45, 7) is 6.61. The summed E-state index contributed by atoms with van der Waals surface area (Å²) in [5, 5.41) is 28.8. The molecule has 1 aliphatic carbocycles. The van der Waals surface area contributed by atoms with Crippen molar-refractivity contribution in [1.82, 2.24) is 0 Å². The number of rotatable bonds is 7. The molecule has 3 N–H and O–H groups in total. The first-order chi connectivity index (χ1) is 11.3. The van der Waals surface area contributed by atoms with E-state index >= 15 is 0 Å². The van der Waals surface area contributed by atoms with E-state index in [1.807, 2.05) is 0 Å². The van der Waals surface area contributed by atoms with E-state index in [1.54, 1.807) is 6.07 Å². The lowest BCUT2D eigenvalue weighted by molar-refractivity contribution is 0.0696. The molecular formula is C20H30O4. The summed E-state index contributed by atoms with van der Waals surface area (Å²) in [5.74, 6) is 0.466. The molecule has 24 heavy (non-hydrogen) atoms. The highest BCUT2D eigenvalue weighted by Gasteiger charge is 2.31. The Morgan fingerprint density at radius 3 is 2.58 bits per heavy atom. The number of benzene rings is 1. The second-order valence-electron chi connectivity index (χ2n) is 7.58. The zero-order chi connectivity index (χ0) is 17.9. The number of fused-ring (bicyclic) bond motifs is 1. The Labute approximate surface area is 144 Å². The van der Waals surface area contributed by atoms with Crippen LogP contribution in [0.2, 0.25) is 0 Å². The molecule has 4 atom stereocenters. The van der Waals surface area contributed by atoms with Gasteiger partial charge in [-0.15, -0.1) is 0 Å². The highest BCUT2D eigenvalue weighted by molar-refractivity contribution is 5.88. The zero-order valence-corrected chi connectivity index (χ0v) is 15.0. The maximum absolute atomic E-state index is 11.3. The van der Waals surface area contributed by atoms with E-state index in [2.05, 4.69) is 20.8 Å². The predicted molar refractivity (Wildman–Crippen MR) is 94.7 cm³/mol. The van der Waals surface area contributed by atoms with Crippen molar-refractivity contribution in [3.8, 4) is 5.75 Å². The number of carbonyl (C=O) groups is 1. The molecule has 4 unspecified atom stereocenters. The summed E-state index contributed by atoms with van der Waals surface area (Å²) in [6.07, 6.45) is 5.19. The van der Waals surface area contributed by atoms with Crippen molar-refractivity contribution < 1.29 is 20.1 Å². The van der Waals surface area contributed by atoms with Crippen molar-refractivity contribution in [3.05, 3.63) is 28.8 Å². The lowest BCUT2D eigenvalue weighted by atomic mass is 9.70. The molecule has 0 saturated heterocycles. The van der Waals surface area contributed by atoms with Gasteiger partial charge >= 0.3 is 5.97 Å². The van der Waals surface area contributed by atoms with Crippen LogP contribution in [0.1, 0.15) is 86.2 Å². The Hall–Kier alpha value is -1.55. The third-order valence-corrected chi connectivity index (χ3v) is 5.60. The van der Waals surface area contributed by atoms with Gasteiger partial charge in [-0.2, -0.15) is 0 Å². The van der Waals surface area contributed by atoms with Gasteiger partial charge in [0, 0.05) is 12.2 Å². The Bertz CT molecular complexity index is 581. The van der Waals surface area contributed by atoms with Gasteiger partial charge in [0.05, 0.1) is 5.56 Å². The Kier molecular flexibility index (Phi) is 6.27. The number of hydrogen-bond donors (Lipinski definition) is 3. The Morgan fingerprint density at radius 2 is 1.96 bits per heavy atom. The summed E-state index contributed by atoms with van der Waals surface area (Å²) in [4.78, 5) is 11.3. The number of hydrogen-bond acceptors (Lipinski definition) is 3. The van der Waals surface area contributed by atoms with Crippen LogP contribution in [-0.2, 0) is 0 Å². The van der Waals surface area contributed by atoms with E-state index in [4.69, 9.17) is 5.11 Å².